The molecule has 1 amide bonds. The second kappa shape index (κ2) is 7.56. The van der Waals surface area contributed by atoms with Crippen LogP contribution in [0.5, 0.6) is 0 Å². The number of amides is 1. The first kappa shape index (κ1) is 16.1. The third-order valence-electron chi connectivity index (χ3n) is 3.44. The maximum atomic E-state index is 12.2. The van der Waals surface area contributed by atoms with Gasteiger partial charge in [0.2, 0.25) is 5.91 Å². The van der Waals surface area contributed by atoms with Gasteiger partial charge < -0.3 is 10.6 Å². The van der Waals surface area contributed by atoms with Crippen molar-refractivity contribution in [2.24, 2.45) is 5.73 Å². The summed E-state index contributed by atoms with van der Waals surface area (Å²) in [5.41, 5.74) is 8.30. The van der Waals surface area contributed by atoms with E-state index in [0.29, 0.717) is 0 Å². The van der Waals surface area contributed by atoms with E-state index < -0.39 is 6.04 Å². The molecule has 0 aliphatic heterocycles. The Morgan fingerprint density at radius 2 is 1.95 bits per heavy atom. The Bertz CT molecular complexity index is 405. The van der Waals surface area contributed by atoms with E-state index in [4.69, 9.17) is 5.73 Å². The number of thioether (sulfide) groups is 1. The van der Waals surface area contributed by atoms with Gasteiger partial charge in [-0.3, -0.25) is 4.79 Å². The van der Waals surface area contributed by atoms with Crippen LogP contribution < -0.4 is 5.73 Å². The van der Waals surface area contributed by atoms with Gasteiger partial charge in [-0.1, -0.05) is 29.8 Å². The van der Waals surface area contributed by atoms with Gasteiger partial charge in [0.15, 0.2) is 0 Å². The lowest BCUT2D eigenvalue weighted by Crippen LogP contribution is -2.43. The minimum atomic E-state index is -0.398. The van der Waals surface area contributed by atoms with Crippen molar-refractivity contribution >= 4 is 17.7 Å². The number of nitrogens with two attached hydrogens (primary N) is 1. The molecule has 1 rings (SSSR count). The van der Waals surface area contributed by atoms with Gasteiger partial charge in [0, 0.05) is 7.05 Å². The molecule has 0 aliphatic rings. The third-order valence-corrected chi connectivity index (χ3v) is 4.08. The van der Waals surface area contributed by atoms with Crippen molar-refractivity contribution in [1.82, 2.24) is 4.90 Å². The van der Waals surface area contributed by atoms with Crippen LogP contribution in [0, 0.1) is 6.92 Å². The highest BCUT2D eigenvalue weighted by Crippen LogP contribution is 2.20. The van der Waals surface area contributed by atoms with Gasteiger partial charge in [-0.2, -0.15) is 11.8 Å². The van der Waals surface area contributed by atoms with Crippen LogP contribution in [-0.2, 0) is 4.79 Å². The molecule has 19 heavy (non-hydrogen) atoms. The SMILES string of the molecule is CSCC[C@@H](N)C(=O)N(C)C(C)c1ccc(C)cc1. The fraction of sp³-hybridized carbons (Fsp3) is 0.533. The summed E-state index contributed by atoms with van der Waals surface area (Å²) in [5.74, 6) is 0.932. The van der Waals surface area contributed by atoms with E-state index in [1.807, 2.05) is 20.2 Å². The number of hydrogen-bond donors (Lipinski definition) is 1. The molecular formula is C15H24N2OS. The summed E-state index contributed by atoms with van der Waals surface area (Å²) in [7, 11) is 1.83. The normalized spacial score (nSPS) is 13.9. The molecule has 4 heteroatoms. The second-order valence-corrected chi connectivity index (χ2v) is 5.91. The molecule has 1 aromatic rings. The third kappa shape index (κ3) is 4.55. The Morgan fingerprint density at radius 3 is 2.47 bits per heavy atom. The molecule has 0 heterocycles. The number of rotatable bonds is 6. The summed E-state index contributed by atoms with van der Waals surface area (Å²) in [6, 6.07) is 7.92. The maximum absolute atomic E-state index is 12.2. The Hall–Kier alpha value is -1.00. The van der Waals surface area contributed by atoms with Crippen molar-refractivity contribution in [3.63, 3.8) is 0 Å². The topological polar surface area (TPSA) is 46.3 Å². The van der Waals surface area contributed by atoms with Crippen LogP contribution in [0.4, 0.5) is 0 Å². The summed E-state index contributed by atoms with van der Waals surface area (Å²) in [6.07, 6.45) is 2.75. The Kier molecular flexibility index (Phi) is 6.38. The van der Waals surface area contributed by atoms with Crippen molar-refractivity contribution in [2.45, 2.75) is 32.4 Å². The summed E-state index contributed by atoms with van der Waals surface area (Å²) < 4.78 is 0. The first-order chi connectivity index (χ1) is 8.97. The number of benzene rings is 1. The standard InChI is InChI=1S/C15H24N2OS/c1-11-5-7-13(8-6-11)12(2)17(3)15(18)14(16)9-10-19-4/h5-8,12,14H,9-10,16H2,1-4H3/t12?,14-/m1/s1. The number of carbonyl (C=O) groups excluding carboxylic acids is 1. The number of hydrogen-bond acceptors (Lipinski definition) is 3. The van der Waals surface area contributed by atoms with Crippen molar-refractivity contribution in [2.75, 3.05) is 19.1 Å². The van der Waals surface area contributed by atoms with Crippen LogP contribution in [0.2, 0.25) is 0 Å². The molecule has 0 saturated heterocycles. The van der Waals surface area contributed by atoms with Gasteiger partial charge in [0.05, 0.1) is 12.1 Å². The maximum Gasteiger partial charge on any atom is 0.239 e. The van der Waals surface area contributed by atoms with Crippen LogP contribution in [-0.4, -0.2) is 35.9 Å². The predicted octanol–water partition coefficient (Wildman–Crippen LogP) is 2.59. The van der Waals surface area contributed by atoms with Gasteiger partial charge in [0.1, 0.15) is 0 Å². The van der Waals surface area contributed by atoms with Gasteiger partial charge in [-0.25, -0.2) is 0 Å². The smallest absolute Gasteiger partial charge is 0.239 e. The molecule has 0 bridgehead atoms. The molecule has 0 aliphatic carbocycles. The average Bonchev–Trinajstić information content (AvgIpc) is 2.43. The van der Waals surface area contributed by atoms with Crippen LogP contribution in [0.25, 0.3) is 0 Å². The van der Waals surface area contributed by atoms with E-state index in [-0.39, 0.29) is 11.9 Å². The number of aryl methyl sites for hydroxylation is 1. The molecule has 1 aromatic carbocycles. The van der Waals surface area contributed by atoms with E-state index in [1.54, 1.807) is 16.7 Å². The molecular weight excluding hydrogens is 256 g/mol. The Morgan fingerprint density at radius 1 is 1.37 bits per heavy atom. The summed E-state index contributed by atoms with van der Waals surface area (Å²) >= 11 is 1.71. The Balaban J connectivity index is 2.67. The number of likely N-dealkylation sites (N-methyl/N-ethyl adjacent to an activating group) is 1. The highest BCUT2D eigenvalue weighted by Gasteiger charge is 2.22. The van der Waals surface area contributed by atoms with Gasteiger partial charge in [-0.05, 0) is 37.8 Å². The van der Waals surface area contributed by atoms with Gasteiger partial charge >= 0.3 is 0 Å². The molecule has 3 nitrogen and oxygen atoms in total. The molecule has 0 aromatic heterocycles. The van der Waals surface area contributed by atoms with Gasteiger partial charge in [-0.15, -0.1) is 0 Å². The predicted molar refractivity (Wildman–Crippen MR) is 83.3 cm³/mol. The van der Waals surface area contributed by atoms with E-state index in [0.717, 1.165) is 17.7 Å². The monoisotopic (exact) mass is 280 g/mol. The first-order valence-electron chi connectivity index (χ1n) is 6.55. The van der Waals surface area contributed by atoms with E-state index in [1.165, 1.54) is 5.56 Å². The molecule has 1 unspecified atom stereocenters. The fourth-order valence-electron chi connectivity index (χ4n) is 1.89. The number of nitrogens with zero attached hydrogens (tertiary/aromatic N) is 1. The highest BCUT2D eigenvalue weighted by molar-refractivity contribution is 7.98. The van der Waals surface area contributed by atoms with Crippen LogP contribution >= 0.6 is 11.8 Å². The lowest BCUT2D eigenvalue weighted by Gasteiger charge is -2.28. The molecule has 0 radical (unpaired) electrons. The lowest BCUT2D eigenvalue weighted by atomic mass is 10.0. The summed E-state index contributed by atoms with van der Waals surface area (Å²) in [5, 5.41) is 0. The average molecular weight is 280 g/mol. The summed E-state index contributed by atoms with van der Waals surface area (Å²) in [6.45, 7) is 4.09. The lowest BCUT2D eigenvalue weighted by molar-refractivity contribution is -0.133. The molecule has 0 spiro atoms. The van der Waals surface area contributed by atoms with Crippen LogP contribution in [0.15, 0.2) is 24.3 Å². The first-order valence-corrected chi connectivity index (χ1v) is 7.94. The molecule has 2 N–H and O–H groups in total. The van der Waals surface area contributed by atoms with Crippen LogP contribution in [0.3, 0.4) is 0 Å². The molecule has 2 atom stereocenters. The highest BCUT2D eigenvalue weighted by atomic mass is 32.2. The number of carbonyl (C=O) groups is 1. The largest absolute Gasteiger partial charge is 0.338 e. The zero-order valence-corrected chi connectivity index (χ0v) is 13.0. The van der Waals surface area contributed by atoms with Crippen molar-refractivity contribution in [3.8, 4) is 0 Å². The van der Waals surface area contributed by atoms with E-state index >= 15 is 0 Å². The molecule has 106 valence electrons. The zero-order valence-electron chi connectivity index (χ0n) is 12.2. The van der Waals surface area contributed by atoms with E-state index in [9.17, 15) is 4.79 Å². The zero-order chi connectivity index (χ0) is 14.4. The molecule has 0 saturated carbocycles. The molecule has 0 fully saturated rings. The van der Waals surface area contributed by atoms with Crippen molar-refractivity contribution < 1.29 is 4.79 Å². The van der Waals surface area contributed by atoms with E-state index in [2.05, 4.69) is 31.2 Å². The summed E-state index contributed by atoms with van der Waals surface area (Å²) in [4.78, 5) is 14.0. The minimum absolute atomic E-state index is 0.0159. The second-order valence-electron chi connectivity index (χ2n) is 4.92. The van der Waals surface area contributed by atoms with Crippen molar-refractivity contribution in [3.05, 3.63) is 35.4 Å². The fourth-order valence-corrected chi connectivity index (χ4v) is 2.38. The van der Waals surface area contributed by atoms with Crippen LogP contribution in [0.1, 0.15) is 30.5 Å². The quantitative estimate of drug-likeness (QED) is 0.871. The van der Waals surface area contributed by atoms with Crippen molar-refractivity contribution in [1.29, 1.82) is 0 Å². The van der Waals surface area contributed by atoms with Gasteiger partial charge in [0.25, 0.3) is 0 Å². The minimum Gasteiger partial charge on any atom is -0.338 e. The Labute approximate surface area is 120 Å².